The Bertz CT molecular complexity index is 21.2. The zero-order chi connectivity index (χ0) is 3.41. The number of rotatable bonds is 0. The molecule has 0 rings (SSSR count). The Kier molecular flexibility index (Phi) is 3.42. The average molecular weight is 89.2 g/mol. The second-order valence-electron chi connectivity index (χ2n) is 0.516. The maximum atomic E-state index is 3.96. The molecule has 0 aromatic rings. The summed E-state index contributed by atoms with van der Waals surface area (Å²) in [6.45, 7) is 2.13. The van der Waals surface area contributed by atoms with Crippen molar-refractivity contribution in [2.75, 3.05) is 0 Å². The van der Waals surface area contributed by atoms with Crippen molar-refractivity contribution in [1.82, 2.24) is 0 Å². The third kappa shape index (κ3) is 2.23. The van der Waals surface area contributed by atoms with Crippen molar-refractivity contribution in [3.05, 3.63) is 0 Å². The van der Waals surface area contributed by atoms with Crippen molar-refractivity contribution in [2.24, 2.45) is 4.30 Å². The Hall–Kier alpha value is 0.234. The molecule has 0 heterocycles. The molecule has 0 fully saturated rings. The van der Waals surface area contributed by atoms with Gasteiger partial charge in [0.15, 0.2) is 0 Å². The summed E-state index contributed by atoms with van der Waals surface area (Å²) in [4.78, 5) is 0. The molecule has 0 saturated heterocycles. The van der Waals surface area contributed by atoms with Crippen LogP contribution in [0.3, 0.4) is 0 Å². The van der Waals surface area contributed by atoms with Crippen LogP contribution in [0.15, 0.2) is 4.30 Å². The summed E-state index contributed by atoms with van der Waals surface area (Å²) in [5, 5.41) is 0. The van der Waals surface area contributed by atoms with Gasteiger partial charge in [-0.05, 0) is 6.55 Å². The topological polar surface area (TPSA) is 12.4 Å². The monoisotopic (exact) mass is 89.0 g/mol. The lowest BCUT2D eigenvalue weighted by atomic mass is 11.9. The number of hydrogen-bond acceptors (Lipinski definition) is 1. The van der Waals surface area contributed by atoms with Gasteiger partial charge in [0.05, 0.1) is 9.31 Å². The first kappa shape index (κ1) is 4.23. The maximum absolute atomic E-state index is 3.96. The largest absolute Gasteiger partial charge is 0.382 e. The molecule has 24 valence electrons. The van der Waals surface area contributed by atoms with Crippen LogP contribution in [0.25, 0.3) is 0 Å². The molecule has 0 aliphatic rings. The molecule has 0 spiro atoms. The van der Waals surface area contributed by atoms with Crippen LogP contribution in [0.1, 0.15) is 0 Å². The van der Waals surface area contributed by atoms with E-state index in [0.29, 0.717) is 9.31 Å². The number of hydrogen-bond donors (Lipinski definition) is 0. The van der Waals surface area contributed by atoms with E-state index in [1.54, 1.807) is 0 Å². The summed E-state index contributed by atoms with van der Waals surface area (Å²) in [5.41, 5.74) is 0. The second kappa shape index (κ2) is 3.23. The van der Waals surface area contributed by atoms with Crippen molar-refractivity contribution < 1.29 is 0 Å². The first-order valence-corrected chi connectivity index (χ1v) is 3.85. The third-order valence-electron chi connectivity index (χ3n) is 0.258. The highest BCUT2D eigenvalue weighted by molar-refractivity contribution is 6.29. The summed E-state index contributed by atoms with van der Waals surface area (Å²) >= 11 is 0. The summed E-state index contributed by atoms with van der Waals surface area (Å²) in [5.74, 6) is 0. The normalized spacial score (nSPS) is 10.2. The van der Waals surface area contributed by atoms with E-state index >= 15 is 0 Å². The van der Waals surface area contributed by atoms with E-state index in [1.165, 1.54) is 0 Å². The van der Waals surface area contributed by atoms with Gasteiger partial charge in [-0.15, -0.1) is 0 Å². The van der Waals surface area contributed by atoms with Gasteiger partial charge in [-0.3, -0.25) is 0 Å². The van der Waals surface area contributed by atoms with Crippen LogP contribution >= 0.6 is 0 Å². The summed E-state index contributed by atoms with van der Waals surface area (Å²) in [6.07, 6.45) is 0. The molecule has 0 radical (unpaired) electrons. The molecule has 1 nitrogen and oxygen atoms in total. The molecule has 0 aromatic carbocycles. The summed E-state index contributed by atoms with van der Waals surface area (Å²) < 4.78 is 3.96. The van der Waals surface area contributed by atoms with E-state index in [0.717, 1.165) is 10.4 Å². The van der Waals surface area contributed by atoms with Crippen molar-refractivity contribution in [2.45, 2.75) is 6.55 Å². The third-order valence-corrected chi connectivity index (χ3v) is 2.32. The molecular weight excluding hydrogens is 82.2 g/mol. The first-order valence-electron chi connectivity index (χ1n) is 1.28. The fraction of sp³-hybridized carbons (Fsp3) is 1.00. The minimum atomic E-state index is 0.469. The molecule has 0 aliphatic carbocycles. The molecule has 0 aromatic heterocycles. The standard InChI is InChI=1S/CH7NSi2/c1-4-2-3/h4H,1,3H3. The van der Waals surface area contributed by atoms with Crippen LogP contribution in [0.4, 0.5) is 0 Å². The molecule has 0 unspecified atom stereocenters. The Morgan fingerprint density at radius 2 is 2.25 bits per heavy atom. The molecule has 0 amide bonds. The van der Waals surface area contributed by atoms with Crippen molar-refractivity contribution in [1.29, 1.82) is 0 Å². The van der Waals surface area contributed by atoms with Crippen LogP contribution in [0, 0.1) is 0 Å². The van der Waals surface area contributed by atoms with Gasteiger partial charge < -0.3 is 4.30 Å². The Morgan fingerprint density at radius 1 is 2.00 bits per heavy atom. The Labute approximate surface area is 31.5 Å². The first-order chi connectivity index (χ1) is 1.91. The fourth-order valence-electron chi connectivity index (χ4n) is 0. The highest BCUT2D eigenvalue weighted by Crippen LogP contribution is 1.35. The Morgan fingerprint density at radius 3 is 2.25 bits per heavy atom. The van der Waals surface area contributed by atoms with E-state index in [2.05, 4.69) is 10.8 Å². The highest BCUT2D eigenvalue weighted by Gasteiger charge is 1.35. The summed E-state index contributed by atoms with van der Waals surface area (Å²) in [7, 11) is 1.52. The van der Waals surface area contributed by atoms with Crippen molar-refractivity contribution in [3.8, 4) is 0 Å². The fourth-order valence-corrected chi connectivity index (χ4v) is 0. The summed E-state index contributed by atoms with van der Waals surface area (Å²) in [6, 6.07) is 0. The molecule has 3 heteroatoms. The van der Waals surface area contributed by atoms with Crippen LogP contribution in [-0.4, -0.2) is 19.7 Å². The Balaban J connectivity index is 2.55. The molecule has 0 saturated carbocycles. The minimum Gasteiger partial charge on any atom is -0.382 e. The second-order valence-corrected chi connectivity index (χ2v) is 3.10. The van der Waals surface area contributed by atoms with Gasteiger partial charge in [-0.25, -0.2) is 0 Å². The SMILES string of the molecule is C[SiH]=N[SiH3]. The number of nitrogens with zero attached hydrogens (tertiary/aromatic N) is 1. The predicted molar refractivity (Wildman–Crippen MR) is 25.4 cm³/mol. The predicted octanol–water partition coefficient (Wildman–Crippen LogP) is -1.07. The lowest BCUT2D eigenvalue weighted by molar-refractivity contribution is 1.96. The van der Waals surface area contributed by atoms with E-state index in [4.69, 9.17) is 0 Å². The zero-order valence-electron chi connectivity index (χ0n) is 3.02. The van der Waals surface area contributed by atoms with Crippen molar-refractivity contribution >= 4 is 19.7 Å². The molecular formula is CH7NSi2. The molecule has 0 atom stereocenters. The lowest BCUT2D eigenvalue weighted by Gasteiger charge is -1.52. The molecule has 0 N–H and O–H groups in total. The average Bonchev–Trinajstić information content (AvgIpc) is 1.37. The van der Waals surface area contributed by atoms with Gasteiger partial charge in [-0.1, -0.05) is 0 Å². The van der Waals surface area contributed by atoms with Gasteiger partial charge in [-0.2, -0.15) is 0 Å². The minimum absolute atomic E-state index is 0.469. The van der Waals surface area contributed by atoms with Crippen LogP contribution < -0.4 is 0 Å². The highest BCUT2D eigenvalue weighted by atomic mass is 28.2. The smallest absolute Gasteiger partial charge is 0.120 e. The van der Waals surface area contributed by atoms with Gasteiger partial charge in [0, 0.05) is 0 Å². The molecule has 4 heavy (non-hydrogen) atoms. The zero-order valence-corrected chi connectivity index (χ0v) is 6.18. The van der Waals surface area contributed by atoms with Crippen molar-refractivity contribution in [3.63, 3.8) is 0 Å². The lowest BCUT2D eigenvalue weighted by Crippen LogP contribution is -1.54. The van der Waals surface area contributed by atoms with E-state index in [-0.39, 0.29) is 0 Å². The van der Waals surface area contributed by atoms with Crippen LogP contribution in [0.2, 0.25) is 6.55 Å². The van der Waals surface area contributed by atoms with Crippen LogP contribution in [0.5, 0.6) is 0 Å². The van der Waals surface area contributed by atoms with Gasteiger partial charge in [0.2, 0.25) is 0 Å². The molecule has 0 aliphatic heterocycles. The van der Waals surface area contributed by atoms with Gasteiger partial charge >= 0.3 is 0 Å². The van der Waals surface area contributed by atoms with E-state index < -0.39 is 0 Å². The van der Waals surface area contributed by atoms with Gasteiger partial charge in [0.25, 0.3) is 0 Å². The maximum Gasteiger partial charge on any atom is 0.120 e. The van der Waals surface area contributed by atoms with E-state index in [9.17, 15) is 0 Å². The van der Waals surface area contributed by atoms with Gasteiger partial charge in [0.1, 0.15) is 10.4 Å². The van der Waals surface area contributed by atoms with E-state index in [1.807, 2.05) is 0 Å². The quantitative estimate of drug-likeness (QED) is 0.335. The molecule has 0 bridgehead atoms. The van der Waals surface area contributed by atoms with Crippen LogP contribution in [-0.2, 0) is 0 Å².